The highest BCUT2D eigenvalue weighted by molar-refractivity contribution is 6.30. The minimum Gasteiger partial charge on any atom is -0.370 e. The van der Waals surface area contributed by atoms with Crippen LogP contribution in [0.3, 0.4) is 0 Å². The summed E-state index contributed by atoms with van der Waals surface area (Å²) < 4.78 is 0. The third kappa shape index (κ3) is 5.70. The van der Waals surface area contributed by atoms with Gasteiger partial charge in [-0.2, -0.15) is 0 Å². The molecule has 0 spiro atoms. The molecule has 0 saturated carbocycles. The summed E-state index contributed by atoms with van der Waals surface area (Å²) in [6.07, 6.45) is 0.892. The Morgan fingerprint density at radius 1 is 1.20 bits per heavy atom. The van der Waals surface area contributed by atoms with E-state index in [1.54, 1.807) is 0 Å². The van der Waals surface area contributed by atoms with Gasteiger partial charge in [-0.1, -0.05) is 31.5 Å². The van der Waals surface area contributed by atoms with Crippen molar-refractivity contribution in [3.05, 3.63) is 28.8 Å². The molecule has 0 aliphatic carbocycles. The number of hydrogen-bond donors (Lipinski definition) is 1. The second-order valence-corrected chi connectivity index (χ2v) is 6.39. The molecule has 20 heavy (non-hydrogen) atoms. The molecule has 3 nitrogen and oxygen atoms in total. The minimum absolute atomic E-state index is 0.613. The summed E-state index contributed by atoms with van der Waals surface area (Å²) in [7, 11) is 4.21. The van der Waals surface area contributed by atoms with Crippen LogP contribution in [0.15, 0.2) is 18.2 Å². The van der Waals surface area contributed by atoms with Gasteiger partial charge in [-0.25, -0.2) is 0 Å². The summed E-state index contributed by atoms with van der Waals surface area (Å²) in [4.78, 5) is 4.64. The smallest absolute Gasteiger partial charge is 0.0426 e. The summed E-state index contributed by atoms with van der Waals surface area (Å²) in [6, 6.07) is 6.13. The van der Waals surface area contributed by atoms with E-state index in [0.29, 0.717) is 12.5 Å². The van der Waals surface area contributed by atoms with Gasteiger partial charge in [0.25, 0.3) is 0 Å². The van der Waals surface area contributed by atoms with Crippen molar-refractivity contribution in [1.29, 1.82) is 0 Å². The Hall–Kier alpha value is -0.770. The number of hydrogen-bond acceptors (Lipinski definition) is 3. The Kier molecular flexibility index (Phi) is 7.35. The van der Waals surface area contributed by atoms with Crippen molar-refractivity contribution in [2.24, 2.45) is 11.7 Å². The summed E-state index contributed by atoms with van der Waals surface area (Å²) >= 11 is 6.19. The molecule has 0 radical (unpaired) electrons. The van der Waals surface area contributed by atoms with Crippen LogP contribution in [0.1, 0.15) is 19.4 Å². The first kappa shape index (κ1) is 17.3. The van der Waals surface area contributed by atoms with E-state index in [1.807, 2.05) is 6.07 Å². The lowest BCUT2D eigenvalue weighted by molar-refractivity contribution is 0.409. The highest BCUT2D eigenvalue weighted by Crippen LogP contribution is 2.26. The molecule has 1 rings (SSSR count). The lowest BCUT2D eigenvalue weighted by Crippen LogP contribution is -2.35. The number of benzene rings is 1. The summed E-state index contributed by atoms with van der Waals surface area (Å²) in [5.74, 6) is 0.613. The van der Waals surface area contributed by atoms with E-state index < -0.39 is 0 Å². The predicted octanol–water partition coefficient (Wildman–Crippen LogP) is 2.87. The first-order valence-electron chi connectivity index (χ1n) is 7.32. The van der Waals surface area contributed by atoms with Crippen LogP contribution in [-0.2, 0) is 6.42 Å². The van der Waals surface area contributed by atoms with Crippen molar-refractivity contribution in [3.8, 4) is 0 Å². The van der Waals surface area contributed by atoms with Crippen molar-refractivity contribution in [1.82, 2.24) is 4.90 Å². The van der Waals surface area contributed by atoms with Gasteiger partial charge in [0.05, 0.1) is 0 Å². The molecule has 0 saturated heterocycles. The average molecular weight is 298 g/mol. The van der Waals surface area contributed by atoms with Gasteiger partial charge in [-0.15, -0.1) is 0 Å². The third-order valence-corrected chi connectivity index (χ3v) is 3.44. The zero-order chi connectivity index (χ0) is 15.1. The molecule has 0 heterocycles. The van der Waals surface area contributed by atoms with Crippen LogP contribution in [0.25, 0.3) is 0 Å². The molecule has 0 fully saturated rings. The van der Waals surface area contributed by atoms with E-state index >= 15 is 0 Å². The van der Waals surface area contributed by atoms with Crippen molar-refractivity contribution in [2.45, 2.75) is 20.3 Å². The lowest BCUT2D eigenvalue weighted by atomic mass is 10.1. The first-order chi connectivity index (χ1) is 9.43. The number of likely N-dealkylation sites (N-methyl/N-ethyl adjacent to an activating group) is 1. The normalized spacial score (nSPS) is 11.4. The van der Waals surface area contributed by atoms with Gasteiger partial charge in [0.2, 0.25) is 0 Å². The molecule has 0 amide bonds. The number of rotatable bonds is 8. The van der Waals surface area contributed by atoms with Gasteiger partial charge in [-0.05, 0) is 50.7 Å². The van der Waals surface area contributed by atoms with E-state index in [4.69, 9.17) is 17.3 Å². The molecule has 2 N–H and O–H groups in total. The number of nitrogens with two attached hydrogens (primary N) is 1. The van der Waals surface area contributed by atoms with Crippen molar-refractivity contribution >= 4 is 17.3 Å². The Balaban J connectivity index is 3.00. The SMILES string of the molecule is CC(C)CN(CCN(C)C)c1cc(Cl)ccc1CCN. The van der Waals surface area contributed by atoms with E-state index in [0.717, 1.165) is 31.1 Å². The van der Waals surface area contributed by atoms with E-state index in [2.05, 4.69) is 49.9 Å². The maximum Gasteiger partial charge on any atom is 0.0426 e. The molecule has 1 aromatic rings. The Bertz CT molecular complexity index is 405. The molecule has 0 unspecified atom stereocenters. The summed E-state index contributed by atoms with van der Waals surface area (Å²) in [6.45, 7) is 8.22. The van der Waals surface area contributed by atoms with Crippen LogP contribution in [0.2, 0.25) is 5.02 Å². The van der Waals surface area contributed by atoms with Gasteiger partial charge >= 0.3 is 0 Å². The van der Waals surface area contributed by atoms with Gasteiger partial charge in [0.15, 0.2) is 0 Å². The average Bonchev–Trinajstić information content (AvgIpc) is 2.36. The summed E-state index contributed by atoms with van der Waals surface area (Å²) in [5, 5.41) is 0.791. The van der Waals surface area contributed by atoms with Gasteiger partial charge in [-0.3, -0.25) is 0 Å². The van der Waals surface area contributed by atoms with Gasteiger partial charge < -0.3 is 15.5 Å². The third-order valence-electron chi connectivity index (χ3n) is 3.20. The van der Waals surface area contributed by atoms with Crippen LogP contribution < -0.4 is 10.6 Å². The standard InChI is InChI=1S/C16H28ClN3/c1-13(2)12-20(10-9-19(3)4)16-11-15(17)6-5-14(16)7-8-18/h5-6,11,13H,7-10,12,18H2,1-4H3. The van der Waals surface area contributed by atoms with E-state index in [9.17, 15) is 0 Å². The zero-order valence-corrected chi connectivity index (χ0v) is 14.0. The van der Waals surface area contributed by atoms with Gasteiger partial charge in [0.1, 0.15) is 0 Å². The van der Waals surface area contributed by atoms with Crippen LogP contribution in [0.4, 0.5) is 5.69 Å². The predicted molar refractivity (Wildman–Crippen MR) is 89.8 cm³/mol. The molecule has 114 valence electrons. The summed E-state index contributed by atoms with van der Waals surface area (Å²) in [5.41, 5.74) is 8.25. The number of anilines is 1. The topological polar surface area (TPSA) is 32.5 Å². The number of halogens is 1. The Morgan fingerprint density at radius 2 is 1.90 bits per heavy atom. The maximum absolute atomic E-state index is 6.19. The fourth-order valence-corrected chi connectivity index (χ4v) is 2.44. The fraction of sp³-hybridized carbons (Fsp3) is 0.625. The molecule has 1 aromatic carbocycles. The van der Waals surface area contributed by atoms with Gasteiger partial charge in [0, 0.05) is 30.3 Å². The fourth-order valence-electron chi connectivity index (χ4n) is 2.27. The maximum atomic E-state index is 6.19. The van der Waals surface area contributed by atoms with Crippen LogP contribution in [0, 0.1) is 5.92 Å². The lowest BCUT2D eigenvalue weighted by Gasteiger charge is -2.30. The number of nitrogens with zero attached hydrogens (tertiary/aromatic N) is 2. The minimum atomic E-state index is 0.613. The van der Waals surface area contributed by atoms with Crippen LogP contribution in [0.5, 0.6) is 0 Å². The van der Waals surface area contributed by atoms with Crippen molar-refractivity contribution in [2.75, 3.05) is 45.2 Å². The highest BCUT2D eigenvalue weighted by Gasteiger charge is 2.13. The first-order valence-corrected chi connectivity index (χ1v) is 7.70. The monoisotopic (exact) mass is 297 g/mol. The molecule has 0 aliphatic rings. The molecule has 0 bridgehead atoms. The van der Waals surface area contributed by atoms with Crippen LogP contribution >= 0.6 is 11.6 Å². The van der Waals surface area contributed by atoms with Crippen LogP contribution in [-0.4, -0.2) is 45.2 Å². The largest absolute Gasteiger partial charge is 0.370 e. The Morgan fingerprint density at radius 3 is 2.45 bits per heavy atom. The molecule has 4 heteroatoms. The second kappa shape index (κ2) is 8.50. The van der Waals surface area contributed by atoms with E-state index in [-0.39, 0.29) is 0 Å². The molecule has 0 atom stereocenters. The molecular formula is C16H28ClN3. The molecule has 0 aliphatic heterocycles. The quantitative estimate of drug-likeness (QED) is 0.801. The molecular weight excluding hydrogens is 270 g/mol. The van der Waals surface area contributed by atoms with Crippen molar-refractivity contribution < 1.29 is 0 Å². The van der Waals surface area contributed by atoms with Crippen molar-refractivity contribution in [3.63, 3.8) is 0 Å². The Labute approximate surface area is 128 Å². The molecule has 0 aromatic heterocycles. The highest BCUT2D eigenvalue weighted by atomic mass is 35.5. The van der Waals surface area contributed by atoms with E-state index in [1.165, 1.54) is 11.3 Å². The second-order valence-electron chi connectivity index (χ2n) is 5.95. The zero-order valence-electron chi connectivity index (χ0n) is 13.2.